The Labute approximate surface area is 223 Å². The van der Waals surface area contributed by atoms with Gasteiger partial charge in [-0.3, -0.25) is 15.0 Å². The number of methoxy groups -OCH3 is 2. The van der Waals surface area contributed by atoms with Crippen LogP contribution in [-0.4, -0.2) is 44.1 Å². The molecule has 0 aromatic heterocycles. The number of aldehydes is 1. The highest BCUT2D eigenvalue weighted by Gasteiger charge is 2.24. The lowest BCUT2D eigenvalue weighted by molar-refractivity contribution is 0.0635. The molecular weight excluding hydrogens is 492 g/mol. The maximum Gasteiger partial charge on any atom is 0.412 e. The topological polar surface area (TPSA) is 77.1 Å². The molecule has 0 fully saturated rings. The summed E-state index contributed by atoms with van der Waals surface area (Å²) >= 11 is 6.49. The number of carbonyl (C=O) groups is 2. The van der Waals surface area contributed by atoms with E-state index in [0.717, 1.165) is 23.0 Å². The van der Waals surface area contributed by atoms with E-state index in [1.54, 1.807) is 38.5 Å². The fourth-order valence-corrected chi connectivity index (χ4v) is 4.37. The molecule has 196 valence electrons. The molecule has 3 aromatic carbocycles. The van der Waals surface area contributed by atoms with Crippen molar-refractivity contribution >= 4 is 29.7 Å². The lowest BCUT2D eigenvalue weighted by Crippen LogP contribution is -2.28. The molecule has 1 amide bonds. The first-order valence-electron chi connectivity index (χ1n) is 11.8. The van der Waals surface area contributed by atoms with Crippen LogP contribution in [0.15, 0.2) is 60.7 Å². The molecule has 0 saturated carbocycles. The molecule has 8 heteroatoms. The summed E-state index contributed by atoms with van der Waals surface area (Å²) in [7, 11) is 5.13. The van der Waals surface area contributed by atoms with E-state index in [4.69, 9.17) is 25.8 Å². The SMILES string of the molecule is COc1ccc(C(c2cccc(NC(=O)OC(C)(C)C)c2)N(C)Cc2c(Cl)cccc2C=O)cc1OC. The number of carbonyl (C=O) groups excluding carboxylic acids is 2. The number of halogens is 1. The molecule has 0 radical (unpaired) electrons. The molecule has 0 saturated heterocycles. The van der Waals surface area contributed by atoms with Gasteiger partial charge in [-0.05, 0) is 74.8 Å². The van der Waals surface area contributed by atoms with Crippen molar-refractivity contribution in [2.75, 3.05) is 26.6 Å². The molecule has 1 unspecified atom stereocenters. The number of hydrogen-bond acceptors (Lipinski definition) is 6. The Hall–Kier alpha value is -3.55. The fraction of sp³-hybridized carbons (Fsp3) is 0.310. The van der Waals surface area contributed by atoms with E-state index in [2.05, 4.69) is 10.2 Å². The quantitative estimate of drug-likeness (QED) is 0.312. The van der Waals surface area contributed by atoms with Gasteiger partial charge in [0.15, 0.2) is 11.5 Å². The molecule has 0 bridgehead atoms. The van der Waals surface area contributed by atoms with Crippen LogP contribution < -0.4 is 14.8 Å². The minimum atomic E-state index is -0.616. The van der Waals surface area contributed by atoms with Crippen molar-refractivity contribution in [1.29, 1.82) is 0 Å². The van der Waals surface area contributed by atoms with Crippen molar-refractivity contribution in [3.8, 4) is 11.5 Å². The molecule has 0 aliphatic rings. The van der Waals surface area contributed by atoms with Gasteiger partial charge >= 0.3 is 6.09 Å². The third-order valence-corrected chi connectivity index (χ3v) is 6.06. The van der Waals surface area contributed by atoms with Crippen LogP contribution >= 0.6 is 11.6 Å². The van der Waals surface area contributed by atoms with E-state index < -0.39 is 11.7 Å². The molecule has 0 aliphatic heterocycles. The zero-order valence-electron chi connectivity index (χ0n) is 22.0. The Bertz CT molecular complexity index is 1260. The summed E-state index contributed by atoms with van der Waals surface area (Å²) in [6, 6.07) is 18.3. The van der Waals surface area contributed by atoms with Gasteiger partial charge in [0.05, 0.1) is 20.3 Å². The van der Waals surface area contributed by atoms with E-state index in [9.17, 15) is 9.59 Å². The highest BCUT2D eigenvalue weighted by Crippen LogP contribution is 2.37. The summed E-state index contributed by atoms with van der Waals surface area (Å²) in [4.78, 5) is 26.2. The number of ether oxygens (including phenoxy) is 3. The van der Waals surface area contributed by atoms with Gasteiger partial charge in [0.25, 0.3) is 0 Å². The summed E-state index contributed by atoms with van der Waals surface area (Å²) < 4.78 is 16.4. The predicted molar refractivity (Wildman–Crippen MR) is 146 cm³/mol. The Morgan fingerprint density at radius 3 is 2.32 bits per heavy atom. The molecule has 1 atom stereocenters. The number of anilines is 1. The van der Waals surface area contributed by atoms with Crippen LogP contribution in [0.2, 0.25) is 5.02 Å². The number of benzene rings is 3. The summed E-state index contributed by atoms with van der Waals surface area (Å²) in [6.45, 7) is 5.84. The lowest BCUT2D eigenvalue weighted by Gasteiger charge is -2.30. The van der Waals surface area contributed by atoms with Gasteiger partial charge in [-0.1, -0.05) is 41.9 Å². The first kappa shape index (κ1) is 28.0. The highest BCUT2D eigenvalue weighted by atomic mass is 35.5. The second-order valence-electron chi connectivity index (χ2n) is 9.61. The number of hydrogen-bond donors (Lipinski definition) is 1. The number of nitrogens with zero attached hydrogens (tertiary/aromatic N) is 1. The van der Waals surface area contributed by atoms with Crippen LogP contribution in [-0.2, 0) is 11.3 Å². The van der Waals surface area contributed by atoms with Crippen molar-refractivity contribution in [3.63, 3.8) is 0 Å². The summed E-state index contributed by atoms with van der Waals surface area (Å²) in [5.74, 6) is 1.20. The summed E-state index contributed by atoms with van der Waals surface area (Å²) in [5.41, 5.74) is 3.07. The van der Waals surface area contributed by atoms with Gasteiger partial charge in [0.1, 0.15) is 11.9 Å². The van der Waals surface area contributed by atoms with Gasteiger partial charge < -0.3 is 14.2 Å². The van der Waals surface area contributed by atoms with Crippen LogP contribution in [0.25, 0.3) is 0 Å². The third-order valence-electron chi connectivity index (χ3n) is 5.70. The van der Waals surface area contributed by atoms with Gasteiger partial charge in [-0.15, -0.1) is 0 Å². The minimum Gasteiger partial charge on any atom is -0.493 e. The van der Waals surface area contributed by atoms with Crippen LogP contribution in [0.4, 0.5) is 10.5 Å². The Morgan fingerprint density at radius 2 is 1.68 bits per heavy atom. The number of nitrogens with one attached hydrogen (secondary N) is 1. The molecule has 37 heavy (non-hydrogen) atoms. The Kier molecular flexibility index (Phi) is 9.18. The fourth-order valence-electron chi connectivity index (χ4n) is 4.13. The maximum atomic E-state index is 12.4. The van der Waals surface area contributed by atoms with Crippen LogP contribution in [0.5, 0.6) is 11.5 Å². The largest absolute Gasteiger partial charge is 0.493 e. The van der Waals surface area contributed by atoms with Crippen molar-refractivity contribution in [2.24, 2.45) is 0 Å². The van der Waals surface area contributed by atoms with E-state index >= 15 is 0 Å². The predicted octanol–water partition coefficient (Wildman–Crippen LogP) is 6.74. The second-order valence-corrected chi connectivity index (χ2v) is 10.0. The third kappa shape index (κ3) is 7.24. The molecule has 7 nitrogen and oxygen atoms in total. The minimum absolute atomic E-state index is 0.282. The molecule has 3 aromatic rings. The second kappa shape index (κ2) is 12.1. The summed E-state index contributed by atoms with van der Waals surface area (Å²) in [6.07, 6.45) is 0.277. The van der Waals surface area contributed by atoms with Crippen molar-refractivity contribution in [2.45, 2.75) is 39.0 Å². The Morgan fingerprint density at radius 1 is 1.00 bits per heavy atom. The van der Waals surface area contributed by atoms with Crippen molar-refractivity contribution < 1.29 is 23.8 Å². The highest BCUT2D eigenvalue weighted by molar-refractivity contribution is 6.31. The maximum absolute atomic E-state index is 12.4. The first-order chi connectivity index (χ1) is 17.6. The molecule has 1 N–H and O–H groups in total. The standard InChI is InChI=1S/C29H33ClN2O5/c1-29(2,3)37-28(34)31-22-11-7-9-19(15-22)27(20-13-14-25(35-5)26(16-20)36-6)32(4)17-23-21(18-33)10-8-12-24(23)30/h7-16,18,27H,17H2,1-6H3,(H,31,34). The average Bonchev–Trinajstić information content (AvgIpc) is 2.84. The number of amides is 1. The normalized spacial score (nSPS) is 12.1. The zero-order chi connectivity index (χ0) is 27.2. The van der Waals surface area contributed by atoms with Gasteiger partial charge in [-0.2, -0.15) is 0 Å². The van der Waals surface area contributed by atoms with Crippen molar-refractivity contribution in [1.82, 2.24) is 4.90 Å². The number of rotatable bonds is 9. The Balaban J connectivity index is 2.05. The summed E-state index contributed by atoms with van der Waals surface area (Å²) in [5, 5.41) is 3.33. The van der Waals surface area contributed by atoms with E-state index in [1.165, 1.54) is 0 Å². The average molecular weight is 525 g/mol. The van der Waals surface area contributed by atoms with Gasteiger partial charge in [0.2, 0.25) is 0 Å². The smallest absolute Gasteiger partial charge is 0.412 e. The van der Waals surface area contributed by atoms with Crippen LogP contribution in [0.1, 0.15) is 53.9 Å². The van der Waals surface area contributed by atoms with Gasteiger partial charge in [-0.25, -0.2) is 4.79 Å². The molecule has 0 heterocycles. The van der Waals surface area contributed by atoms with Gasteiger partial charge in [0, 0.05) is 22.8 Å². The van der Waals surface area contributed by atoms with Crippen LogP contribution in [0, 0.1) is 0 Å². The molecule has 0 spiro atoms. The van der Waals surface area contributed by atoms with E-state index in [-0.39, 0.29) is 6.04 Å². The van der Waals surface area contributed by atoms with Crippen molar-refractivity contribution in [3.05, 3.63) is 87.9 Å². The molecule has 0 aliphatic carbocycles. The molecule has 3 rings (SSSR count). The molecular formula is C29H33ClN2O5. The van der Waals surface area contributed by atoms with E-state index in [1.807, 2.05) is 64.2 Å². The lowest BCUT2D eigenvalue weighted by atomic mass is 9.95. The first-order valence-corrected chi connectivity index (χ1v) is 12.2. The zero-order valence-corrected chi connectivity index (χ0v) is 22.8. The monoisotopic (exact) mass is 524 g/mol. The van der Waals surface area contributed by atoms with E-state index in [0.29, 0.717) is 34.3 Å². The van der Waals surface area contributed by atoms with Crippen LogP contribution in [0.3, 0.4) is 0 Å².